The predicted octanol–water partition coefficient (Wildman–Crippen LogP) is 3.72. The van der Waals surface area contributed by atoms with E-state index in [1.807, 2.05) is 48.5 Å². The largest absolute Gasteiger partial charge is 0.387 e. The van der Waals surface area contributed by atoms with Crippen LogP contribution in [0.1, 0.15) is 23.3 Å². The van der Waals surface area contributed by atoms with Crippen molar-refractivity contribution in [3.8, 4) is 0 Å². The van der Waals surface area contributed by atoms with Crippen LogP contribution in [0.2, 0.25) is 0 Å². The van der Waals surface area contributed by atoms with Crippen molar-refractivity contribution in [2.24, 2.45) is 0 Å². The maximum Gasteiger partial charge on any atom is 0.106 e. The van der Waals surface area contributed by atoms with Gasteiger partial charge in [-0.05, 0) is 11.1 Å². The van der Waals surface area contributed by atoms with Gasteiger partial charge >= 0.3 is 0 Å². The van der Waals surface area contributed by atoms with Crippen LogP contribution in [-0.4, -0.2) is 17.6 Å². The van der Waals surface area contributed by atoms with Crippen LogP contribution in [0.3, 0.4) is 0 Å². The summed E-state index contributed by atoms with van der Waals surface area (Å²) in [5.41, 5.74) is 2.18. The van der Waals surface area contributed by atoms with Crippen LogP contribution in [0.15, 0.2) is 60.7 Å². The number of benzene rings is 2. The third-order valence-corrected chi connectivity index (χ3v) is 3.13. The Bertz CT molecular complexity index is 469. The molecule has 0 amide bonds. The number of halogens is 1. The van der Waals surface area contributed by atoms with Gasteiger partial charge in [0.05, 0.1) is 18.6 Å². The normalized spacial score (nSPS) is 18.1. The minimum atomic E-state index is -0.525. The lowest BCUT2D eigenvalue weighted by atomic mass is 10.1. The van der Waals surface area contributed by atoms with Gasteiger partial charge in [-0.25, -0.2) is 0 Å². The molecular formula is C16H17ClO2. The summed E-state index contributed by atoms with van der Waals surface area (Å²) in [7, 11) is 0. The molecule has 1 heterocycles. The molecule has 1 N–H and O–H groups in total. The maximum atomic E-state index is 9.20. The van der Waals surface area contributed by atoms with Crippen LogP contribution in [0.4, 0.5) is 0 Å². The molecule has 0 saturated carbocycles. The molecule has 2 aromatic rings. The van der Waals surface area contributed by atoms with E-state index >= 15 is 0 Å². The SMILES string of the molecule is OC(CCl)c1ccccc1.c1ccc(C2CO2)cc1. The Hall–Kier alpha value is -1.35. The molecule has 1 fully saturated rings. The molecule has 0 spiro atoms. The van der Waals surface area contributed by atoms with Crippen molar-refractivity contribution >= 4 is 11.6 Å². The zero-order chi connectivity index (χ0) is 13.5. The summed E-state index contributed by atoms with van der Waals surface area (Å²) in [5, 5.41) is 9.20. The van der Waals surface area contributed by atoms with Crippen LogP contribution in [0, 0.1) is 0 Å². The molecule has 1 aliphatic heterocycles. The van der Waals surface area contributed by atoms with Gasteiger partial charge < -0.3 is 9.84 Å². The molecule has 100 valence electrons. The number of rotatable bonds is 3. The average Bonchev–Trinajstić information content (AvgIpc) is 3.34. The topological polar surface area (TPSA) is 32.8 Å². The van der Waals surface area contributed by atoms with Gasteiger partial charge in [-0.15, -0.1) is 11.6 Å². The van der Waals surface area contributed by atoms with Crippen LogP contribution in [-0.2, 0) is 4.74 Å². The first kappa shape index (κ1) is 14.1. The first-order valence-electron chi connectivity index (χ1n) is 6.27. The fraction of sp³-hybridized carbons (Fsp3) is 0.250. The molecule has 2 atom stereocenters. The number of hydrogen-bond donors (Lipinski definition) is 1. The van der Waals surface area contributed by atoms with E-state index in [2.05, 4.69) is 12.1 Å². The third kappa shape index (κ3) is 4.67. The van der Waals surface area contributed by atoms with Crippen LogP contribution < -0.4 is 0 Å². The van der Waals surface area contributed by atoms with Crippen LogP contribution in [0.5, 0.6) is 0 Å². The van der Waals surface area contributed by atoms with E-state index in [0.717, 1.165) is 12.2 Å². The minimum absolute atomic E-state index is 0.254. The summed E-state index contributed by atoms with van der Waals surface area (Å²) in [5.74, 6) is 0.254. The second kappa shape index (κ2) is 7.29. The van der Waals surface area contributed by atoms with Gasteiger partial charge in [0.25, 0.3) is 0 Å². The van der Waals surface area contributed by atoms with Crippen LogP contribution in [0.25, 0.3) is 0 Å². The third-order valence-electron chi connectivity index (χ3n) is 2.84. The maximum absolute atomic E-state index is 9.20. The lowest BCUT2D eigenvalue weighted by Gasteiger charge is -2.04. The zero-order valence-corrected chi connectivity index (χ0v) is 11.3. The van der Waals surface area contributed by atoms with E-state index in [4.69, 9.17) is 16.3 Å². The Morgan fingerprint density at radius 1 is 1.05 bits per heavy atom. The van der Waals surface area contributed by atoms with E-state index in [0.29, 0.717) is 6.10 Å². The second-order valence-corrected chi connectivity index (χ2v) is 4.62. The number of aliphatic hydroxyl groups excluding tert-OH is 1. The smallest absolute Gasteiger partial charge is 0.106 e. The molecule has 19 heavy (non-hydrogen) atoms. The van der Waals surface area contributed by atoms with Crippen molar-refractivity contribution in [1.82, 2.24) is 0 Å². The highest BCUT2D eigenvalue weighted by Crippen LogP contribution is 2.28. The Kier molecular flexibility index (Phi) is 5.40. The quantitative estimate of drug-likeness (QED) is 0.685. The lowest BCUT2D eigenvalue weighted by Crippen LogP contribution is -1.96. The molecular weight excluding hydrogens is 260 g/mol. The van der Waals surface area contributed by atoms with Crippen molar-refractivity contribution < 1.29 is 9.84 Å². The van der Waals surface area contributed by atoms with Gasteiger partial charge in [0.15, 0.2) is 0 Å². The highest BCUT2D eigenvalue weighted by molar-refractivity contribution is 6.18. The van der Waals surface area contributed by atoms with E-state index in [-0.39, 0.29) is 5.88 Å². The van der Waals surface area contributed by atoms with E-state index in [1.165, 1.54) is 5.56 Å². The van der Waals surface area contributed by atoms with Crippen molar-refractivity contribution in [3.05, 3.63) is 71.8 Å². The average molecular weight is 277 g/mol. The predicted molar refractivity (Wildman–Crippen MR) is 77.3 cm³/mol. The molecule has 3 rings (SSSR count). The van der Waals surface area contributed by atoms with Crippen molar-refractivity contribution in [2.45, 2.75) is 12.2 Å². The number of ether oxygens (including phenoxy) is 1. The van der Waals surface area contributed by atoms with Gasteiger partial charge in [0.2, 0.25) is 0 Å². The Morgan fingerprint density at radius 3 is 2.05 bits per heavy atom. The zero-order valence-electron chi connectivity index (χ0n) is 10.6. The molecule has 2 aromatic carbocycles. The molecule has 0 bridgehead atoms. The number of aliphatic hydroxyl groups is 1. The number of hydrogen-bond acceptors (Lipinski definition) is 2. The fourth-order valence-electron chi connectivity index (χ4n) is 1.67. The highest BCUT2D eigenvalue weighted by atomic mass is 35.5. The van der Waals surface area contributed by atoms with Gasteiger partial charge in [0.1, 0.15) is 6.10 Å². The van der Waals surface area contributed by atoms with Crippen molar-refractivity contribution in [3.63, 3.8) is 0 Å². The fourth-order valence-corrected chi connectivity index (χ4v) is 1.85. The number of epoxide rings is 1. The highest BCUT2D eigenvalue weighted by Gasteiger charge is 2.23. The van der Waals surface area contributed by atoms with Gasteiger partial charge in [-0.1, -0.05) is 60.7 Å². The summed E-state index contributed by atoms with van der Waals surface area (Å²) in [4.78, 5) is 0. The first-order valence-corrected chi connectivity index (χ1v) is 6.80. The monoisotopic (exact) mass is 276 g/mol. The molecule has 0 aromatic heterocycles. The summed E-state index contributed by atoms with van der Waals surface area (Å²) in [6.07, 6.45) is -0.117. The lowest BCUT2D eigenvalue weighted by molar-refractivity contribution is 0.202. The van der Waals surface area contributed by atoms with E-state index < -0.39 is 6.10 Å². The molecule has 1 saturated heterocycles. The molecule has 2 unspecified atom stereocenters. The first-order chi connectivity index (χ1) is 9.31. The summed E-state index contributed by atoms with van der Waals surface area (Å²) in [6.45, 7) is 0.907. The second-order valence-electron chi connectivity index (χ2n) is 4.31. The van der Waals surface area contributed by atoms with E-state index in [9.17, 15) is 5.11 Å². The van der Waals surface area contributed by atoms with Gasteiger partial charge in [0, 0.05) is 0 Å². The molecule has 2 nitrogen and oxygen atoms in total. The van der Waals surface area contributed by atoms with Crippen LogP contribution >= 0.6 is 11.6 Å². The molecule has 1 aliphatic rings. The molecule has 3 heteroatoms. The Balaban J connectivity index is 0.000000141. The number of alkyl halides is 1. The minimum Gasteiger partial charge on any atom is -0.387 e. The molecule has 0 aliphatic carbocycles. The molecule has 0 radical (unpaired) electrons. The Labute approximate surface area is 118 Å². The van der Waals surface area contributed by atoms with Crippen molar-refractivity contribution in [1.29, 1.82) is 0 Å². The van der Waals surface area contributed by atoms with Gasteiger partial charge in [-0.2, -0.15) is 0 Å². The standard InChI is InChI=1S/C8H9ClO.C8H8O/c9-6-8(10)7-4-2-1-3-5-7;1-2-4-7(5-3-1)8-6-9-8/h1-5,8,10H,6H2;1-5,8H,6H2. The Morgan fingerprint density at radius 2 is 1.58 bits per heavy atom. The van der Waals surface area contributed by atoms with E-state index in [1.54, 1.807) is 0 Å². The summed E-state index contributed by atoms with van der Waals surface area (Å²) < 4.78 is 5.09. The van der Waals surface area contributed by atoms with Crippen molar-refractivity contribution in [2.75, 3.05) is 12.5 Å². The van der Waals surface area contributed by atoms with Gasteiger partial charge in [-0.3, -0.25) is 0 Å². The summed E-state index contributed by atoms with van der Waals surface area (Å²) >= 11 is 5.44. The summed E-state index contributed by atoms with van der Waals surface area (Å²) in [6, 6.07) is 19.7.